The minimum Gasteiger partial charge on any atom is -0.480 e. The van der Waals surface area contributed by atoms with Gasteiger partial charge in [0.05, 0.1) is 6.10 Å². The molecule has 2 atom stereocenters. The Morgan fingerprint density at radius 1 is 1.56 bits per heavy atom. The molecular weight excluding hydrogens is 212 g/mol. The molecule has 6 nitrogen and oxygen atoms in total. The third kappa shape index (κ3) is 2.87. The van der Waals surface area contributed by atoms with Crippen molar-refractivity contribution in [1.29, 1.82) is 0 Å². The lowest BCUT2D eigenvalue weighted by Gasteiger charge is -2.21. The summed E-state index contributed by atoms with van der Waals surface area (Å²) < 4.78 is 0. The first-order valence-electron chi connectivity index (χ1n) is 4.95. The second-order valence-corrected chi connectivity index (χ2v) is 3.58. The molecule has 0 saturated carbocycles. The lowest BCUT2D eigenvalue weighted by molar-refractivity contribution is -0.141. The third-order valence-electron chi connectivity index (χ3n) is 2.37. The van der Waals surface area contributed by atoms with Crippen LogP contribution in [0.1, 0.15) is 12.8 Å². The minimum atomic E-state index is -1.11. The van der Waals surface area contributed by atoms with Crippen LogP contribution in [0, 0.1) is 12.3 Å². The van der Waals surface area contributed by atoms with Gasteiger partial charge in [-0.1, -0.05) is 0 Å². The number of hydrogen-bond donors (Lipinski definition) is 3. The van der Waals surface area contributed by atoms with Crippen LogP contribution in [-0.2, 0) is 4.79 Å². The summed E-state index contributed by atoms with van der Waals surface area (Å²) in [5, 5.41) is 20.7. The van der Waals surface area contributed by atoms with Crippen molar-refractivity contribution in [2.24, 2.45) is 0 Å². The fourth-order valence-corrected chi connectivity index (χ4v) is 1.62. The summed E-state index contributed by atoms with van der Waals surface area (Å²) in [4.78, 5) is 23.5. The zero-order valence-electron chi connectivity index (χ0n) is 8.72. The number of amides is 2. The highest BCUT2D eigenvalue weighted by molar-refractivity contribution is 5.83. The molecule has 16 heavy (non-hydrogen) atoms. The predicted octanol–water partition coefficient (Wildman–Crippen LogP) is -0.761. The van der Waals surface area contributed by atoms with Crippen molar-refractivity contribution < 1.29 is 19.8 Å². The van der Waals surface area contributed by atoms with Crippen molar-refractivity contribution in [1.82, 2.24) is 10.2 Å². The van der Waals surface area contributed by atoms with Crippen LogP contribution >= 0.6 is 0 Å². The average Bonchev–Trinajstić information content (AvgIpc) is 2.61. The molecule has 2 amide bonds. The predicted molar refractivity (Wildman–Crippen MR) is 55.6 cm³/mol. The van der Waals surface area contributed by atoms with Crippen molar-refractivity contribution in [3.05, 3.63) is 0 Å². The van der Waals surface area contributed by atoms with Crippen LogP contribution in [-0.4, -0.2) is 52.3 Å². The number of nitrogens with one attached hydrogen (secondary N) is 1. The number of aliphatic hydroxyl groups excluding tert-OH is 1. The Balaban J connectivity index is 2.54. The van der Waals surface area contributed by atoms with E-state index < -0.39 is 24.1 Å². The number of aliphatic carboxylic acids is 1. The van der Waals surface area contributed by atoms with E-state index in [0.29, 0.717) is 13.0 Å². The number of carbonyl (C=O) groups excluding carboxylic acids is 1. The minimum absolute atomic E-state index is 0.0405. The van der Waals surface area contributed by atoms with Gasteiger partial charge in [-0.25, -0.2) is 9.59 Å². The van der Waals surface area contributed by atoms with Gasteiger partial charge in [0, 0.05) is 25.9 Å². The molecule has 1 fully saturated rings. The normalized spacial score (nSPS) is 23.9. The molecule has 1 rings (SSSR count). The molecule has 1 heterocycles. The Morgan fingerprint density at radius 2 is 2.25 bits per heavy atom. The molecule has 0 aliphatic carbocycles. The van der Waals surface area contributed by atoms with E-state index in [-0.39, 0.29) is 13.0 Å². The number of likely N-dealkylation sites (tertiary alicyclic amines) is 1. The van der Waals surface area contributed by atoms with Crippen LogP contribution < -0.4 is 5.32 Å². The second kappa shape index (κ2) is 5.37. The fraction of sp³-hybridized carbons (Fsp3) is 0.600. The van der Waals surface area contributed by atoms with Gasteiger partial charge in [-0.15, -0.1) is 12.3 Å². The van der Waals surface area contributed by atoms with Gasteiger partial charge in [0.25, 0.3) is 0 Å². The summed E-state index contributed by atoms with van der Waals surface area (Å²) in [5.74, 6) is 1.25. The molecule has 1 aliphatic rings. The van der Waals surface area contributed by atoms with Crippen LogP contribution in [0.15, 0.2) is 0 Å². The molecule has 0 bridgehead atoms. The molecule has 0 aromatic heterocycles. The van der Waals surface area contributed by atoms with E-state index in [0.717, 1.165) is 4.90 Å². The molecule has 1 aliphatic heterocycles. The standard InChI is InChI=1S/C10H14N2O4/c1-2-3-4-11-10(16)12-6-7(13)5-8(12)9(14)15/h1,7-8,13H,3-6H2,(H,11,16)(H,14,15)/t7-,8+/m1/s1. The molecule has 0 aromatic rings. The number of rotatable bonds is 3. The summed E-state index contributed by atoms with van der Waals surface area (Å²) in [6.07, 6.45) is 4.69. The number of terminal acetylenes is 1. The highest BCUT2D eigenvalue weighted by Crippen LogP contribution is 2.17. The lowest BCUT2D eigenvalue weighted by atomic mass is 10.2. The third-order valence-corrected chi connectivity index (χ3v) is 2.37. The molecule has 88 valence electrons. The Hall–Kier alpha value is -1.74. The summed E-state index contributed by atoms with van der Waals surface area (Å²) in [6.45, 7) is 0.340. The highest BCUT2D eigenvalue weighted by atomic mass is 16.4. The first kappa shape index (κ1) is 12.3. The lowest BCUT2D eigenvalue weighted by Crippen LogP contribution is -2.46. The van der Waals surface area contributed by atoms with E-state index in [1.54, 1.807) is 0 Å². The van der Waals surface area contributed by atoms with E-state index in [1.165, 1.54) is 0 Å². The zero-order valence-corrected chi connectivity index (χ0v) is 8.72. The van der Waals surface area contributed by atoms with Gasteiger partial charge in [-0.3, -0.25) is 0 Å². The first-order valence-corrected chi connectivity index (χ1v) is 4.95. The van der Waals surface area contributed by atoms with Gasteiger partial charge in [-0.05, 0) is 0 Å². The largest absolute Gasteiger partial charge is 0.480 e. The van der Waals surface area contributed by atoms with E-state index in [9.17, 15) is 14.7 Å². The number of urea groups is 1. The topological polar surface area (TPSA) is 89.9 Å². The molecule has 1 saturated heterocycles. The van der Waals surface area contributed by atoms with E-state index >= 15 is 0 Å². The number of β-amino-alcohol motifs (C(OH)–C–C–N with tert-alkyl or cyclic N) is 1. The number of carboxylic acid groups (broad SMARTS) is 1. The summed E-state index contributed by atoms with van der Waals surface area (Å²) in [6, 6.07) is -1.46. The number of nitrogens with zero attached hydrogens (tertiary/aromatic N) is 1. The smallest absolute Gasteiger partial charge is 0.326 e. The fourth-order valence-electron chi connectivity index (χ4n) is 1.62. The van der Waals surface area contributed by atoms with Crippen molar-refractivity contribution in [2.45, 2.75) is 25.0 Å². The van der Waals surface area contributed by atoms with Gasteiger partial charge in [0.1, 0.15) is 6.04 Å². The molecule has 0 spiro atoms. The Morgan fingerprint density at radius 3 is 2.81 bits per heavy atom. The van der Waals surface area contributed by atoms with Crippen LogP contribution in [0.25, 0.3) is 0 Å². The van der Waals surface area contributed by atoms with Gasteiger partial charge in [-0.2, -0.15) is 0 Å². The first-order chi connectivity index (χ1) is 7.56. The number of hydrogen-bond acceptors (Lipinski definition) is 3. The van der Waals surface area contributed by atoms with Crippen molar-refractivity contribution in [3.63, 3.8) is 0 Å². The SMILES string of the molecule is C#CCCNC(=O)N1C[C@H](O)C[C@H]1C(=O)O. The molecule has 0 unspecified atom stereocenters. The Kier molecular flexibility index (Phi) is 4.14. The van der Waals surface area contributed by atoms with Gasteiger partial charge in [0.2, 0.25) is 0 Å². The van der Waals surface area contributed by atoms with E-state index in [4.69, 9.17) is 11.5 Å². The van der Waals surface area contributed by atoms with Crippen LogP contribution in [0.4, 0.5) is 4.79 Å². The molecule has 0 aromatic carbocycles. The molecule has 6 heteroatoms. The molecule has 0 radical (unpaired) electrons. The molecule has 3 N–H and O–H groups in total. The number of carboxylic acids is 1. The maximum Gasteiger partial charge on any atom is 0.326 e. The highest BCUT2D eigenvalue weighted by Gasteiger charge is 2.38. The van der Waals surface area contributed by atoms with Gasteiger partial charge >= 0.3 is 12.0 Å². The maximum absolute atomic E-state index is 11.6. The molecular formula is C10H14N2O4. The number of aliphatic hydroxyl groups is 1. The van der Waals surface area contributed by atoms with Crippen LogP contribution in [0.2, 0.25) is 0 Å². The zero-order chi connectivity index (χ0) is 12.1. The summed E-state index contributed by atoms with van der Waals surface area (Å²) >= 11 is 0. The van der Waals surface area contributed by atoms with Crippen molar-refractivity contribution in [2.75, 3.05) is 13.1 Å². The van der Waals surface area contributed by atoms with Gasteiger partial charge in [0.15, 0.2) is 0 Å². The van der Waals surface area contributed by atoms with Crippen LogP contribution in [0.3, 0.4) is 0 Å². The van der Waals surface area contributed by atoms with Crippen molar-refractivity contribution in [3.8, 4) is 12.3 Å². The Labute approximate surface area is 93.2 Å². The van der Waals surface area contributed by atoms with E-state index in [1.807, 2.05) is 0 Å². The Bertz CT molecular complexity index is 323. The second-order valence-electron chi connectivity index (χ2n) is 3.58. The summed E-state index contributed by atoms with van der Waals surface area (Å²) in [5.41, 5.74) is 0. The summed E-state index contributed by atoms with van der Waals surface area (Å²) in [7, 11) is 0. The quantitative estimate of drug-likeness (QED) is 0.436. The van der Waals surface area contributed by atoms with Crippen molar-refractivity contribution >= 4 is 12.0 Å². The number of carbonyl (C=O) groups is 2. The van der Waals surface area contributed by atoms with Gasteiger partial charge < -0.3 is 20.4 Å². The maximum atomic E-state index is 11.6. The monoisotopic (exact) mass is 226 g/mol. The van der Waals surface area contributed by atoms with E-state index in [2.05, 4.69) is 11.2 Å². The van der Waals surface area contributed by atoms with Crippen LogP contribution in [0.5, 0.6) is 0 Å². The average molecular weight is 226 g/mol.